The maximum Gasteiger partial charge on any atom is 0.434 e. The van der Waals surface area contributed by atoms with Crippen molar-refractivity contribution in [2.75, 3.05) is 13.1 Å². The van der Waals surface area contributed by atoms with Crippen LogP contribution in [0.3, 0.4) is 0 Å². The van der Waals surface area contributed by atoms with Crippen LogP contribution in [-0.2, 0) is 20.5 Å². The third-order valence-electron chi connectivity index (χ3n) is 4.47. The van der Waals surface area contributed by atoms with Gasteiger partial charge in [0.05, 0.1) is 5.01 Å². The van der Waals surface area contributed by atoms with Crippen molar-refractivity contribution in [3.05, 3.63) is 16.1 Å². The Morgan fingerprint density at radius 1 is 1.28 bits per heavy atom. The molecule has 10 heteroatoms. The first-order valence-electron chi connectivity index (χ1n) is 7.95. The molecule has 0 aliphatic carbocycles. The van der Waals surface area contributed by atoms with Crippen molar-refractivity contribution >= 4 is 23.2 Å². The molecule has 1 aromatic rings. The Balaban J connectivity index is 1.64. The summed E-state index contributed by atoms with van der Waals surface area (Å²) in [5.41, 5.74) is -0.903. The Kier molecular flexibility index (Phi) is 5.01. The van der Waals surface area contributed by atoms with Gasteiger partial charge in [0.15, 0.2) is 11.8 Å². The molecule has 0 saturated carbocycles. The normalized spacial score (nSPS) is 27.5. The minimum absolute atomic E-state index is 0.240. The van der Waals surface area contributed by atoms with Crippen LogP contribution in [0.15, 0.2) is 5.38 Å². The lowest BCUT2D eigenvalue weighted by atomic mass is 9.98. The minimum Gasteiger partial charge on any atom is -0.479 e. The molecule has 6 nitrogen and oxygen atoms in total. The number of piperidine rings is 1. The molecule has 0 spiro atoms. The number of halogens is 3. The maximum absolute atomic E-state index is 12.7. The first-order valence-corrected chi connectivity index (χ1v) is 8.83. The quantitative estimate of drug-likeness (QED) is 0.874. The van der Waals surface area contributed by atoms with E-state index in [1.54, 1.807) is 4.90 Å². The van der Waals surface area contributed by atoms with Gasteiger partial charge in [0.1, 0.15) is 6.10 Å². The highest BCUT2D eigenvalue weighted by molar-refractivity contribution is 7.09. The summed E-state index contributed by atoms with van der Waals surface area (Å²) in [6.45, 7) is 0.770. The number of aliphatic carboxylic acids is 1. The molecule has 3 atom stereocenters. The van der Waals surface area contributed by atoms with E-state index in [1.807, 2.05) is 0 Å². The molecule has 1 amide bonds. The van der Waals surface area contributed by atoms with Gasteiger partial charge in [0.2, 0.25) is 0 Å². The van der Waals surface area contributed by atoms with Gasteiger partial charge in [-0.2, -0.15) is 13.2 Å². The van der Waals surface area contributed by atoms with Gasteiger partial charge < -0.3 is 14.7 Å². The highest BCUT2D eigenvalue weighted by atomic mass is 32.1. The van der Waals surface area contributed by atoms with Gasteiger partial charge in [-0.05, 0) is 25.7 Å². The summed E-state index contributed by atoms with van der Waals surface area (Å²) in [7, 11) is 0. The number of amides is 1. The van der Waals surface area contributed by atoms with Crippen molar-refractivity contribution in [2.45, 2.75) is 50.0 Å². The fourth-order valence-corrected chi connectivity index (χ4v) is 4.14. The Hall–Kier alpha value is -1.68. The monoisotopic (exact) mass is 378 g/mol. The molecule has 0 radical (unpaired) electrons. The van der Waals surface area contributed by atoms with Gasteiger partial charge >= 0.3 is 12.1 Å². The molecule has 1 unspecified atom stereocenters. The highest BCUT2D eigenvalue weighted by Gasteiger charge is 2.39. The molecule has 3 rings (SSSR count). The topological polar surface area (TPSA) is 79.7 Å². The molecule has 1 N–H and O–H groups in total. The summed E-state index contributed by atoms with van der Waals surface area (Å²) in [5, 5.41) is 10.3. The number of likely N-dealkylation sites (tertiary alicyclic amines) is 1. The summed E-state index contributed by atoms with van der Waals surface area (Å²) in [4.78, 5) is 28.7. The first kappa shape index (κ1) is 18.1. The lowest BCUT2D eigenvalue weighted by molar-refractivity contribution is -0.155. The molecular weight excluding hydrogens is 361 g/mol. The van der Waals surface area contributed by atoms with Crippen LogP contribution in [0.25, 0.3) is 0 Å². The average molecular weight is 378 g/mol. The van der Waals surface area contributed by atoms with Crippen LogP contribution in [-0.4, -0.2) is 52.2 Å². The van der Waals surface area contributed by atoms with Crippen molar-refractivity contribution < 1.29 is 32.6 Å². The van der Waals surface area contributed by atoms with Crippen LogP contribution in [0, 0.1) is 0 Å². The van der Waals surface area contributed by atoms with E-state index < -0.39 is 30.0 Å². The van der Waals surface area contributed by atoms with Crippen LogP contribution in [0.5, 0.6) is 0 Å². The van der Waals surface area contributed by atoms with Crippen LogP contribution in [0.2, 0.25) is 0 Å². The number of hydrogen-bond donors (Lipinski definition) is 1. The summed E-state index contributed by atoms with van der Waals surface area (Å²) in [6, 6.07) is 0. The van der Waals surface area contributed by atoms with E-state index in [0.717, 1.165) is 16.7 Å². The fourth-order valence-electron chi connectivity index (χ4n) is 3.19. The number of rotatable bonds is 3. The molecular formula is C15H17F3N2O4S. The van der Waals surface area contributed by atoms with Gasteiger partial charge in [-0.1, -0.05) is 0 Å². The molecule has 3 heterocycles. The maximum atomic E-state index is 12.7. The molecule has 2 aliphatic rings. The summed E-state index contributed by atoms with van der Waals surface area (Å²) in [5.74, 6) is -1.62. The third kappa shape index (κ3) is 3.95. The lowest BCUT2D eigenvalue weighted by Crippen LogP contribution is -2.44. The van der Waals surface area contributed by atoms with Crippen LogP contribution in [0.1, 0.15) is 42.3 Å². The second-order valence-electron chi connectivity index (χ2n) is 6.22. The zero-order valence-corrected chi connectivity index (χ0v) is 14.0. The van der Waals surface area contributed by atoms with E-state index in [4.69, 9.17) is 9.84 Å². The van der Waals surface area contributed by atoms with Crippen LogP contribution < -0.4 is 0 Å². The number of nitrogens with zero attached hydrogens (tertiary/aromatic N) is 2. The van der Waals surface area contributed by atoms with Crippen molar-refractivity contribution in [1.82, 2.24) is 9.88 Å². The Morgan fingerprint density at radius 3 is 2.60 bits per heavy atom. The molecule has 138 valence electrons. The van der Waals surface area contributed by atoms with E-state index in [0.29, 0.717) is 30.8 Å². The van der Waals surface area contributed by atoms with Crippen LogP contribution >= 0.6 is 11.3 Å². The highest BCUT2D eigenvalue weighted by Crippen LogP contribution is 2.35. The summed E-state index contributed by atoms with van der Waals surface area (Å²) < 4.78 is 43.4. The van der Waals surface area contributed by atoms with Crippen molar-refractivity contribution in [3.63, 3.8) is 0 Å². The second kappa shape index (κ2) is 6.91. The minimum atomic E-state index is -4.47. The molecule has 0 bridgehead atoms. The zero-order chi connectivity index (χ0) is 18.2. The second-order valence-corrected chi connectivity index (χ2v) is 7.11. The van der Waals surface area contributed by atoms with Crippen molar-refractivity contribution in [2.24, 2.45) is 0 Å². The Labute approximate surface area is 145 Å². The Bertz CT molecular complexity index is 663. The first-order chi connectivity index (χ1) is 11.8. The molecule has 2 saturated heterocycles. The predicted molar refractivity (Wildman–Crippen MR) is 81.2 cm³/mol. The lowest BCUT2D eigenvalue weighted by Gasteiger charge is -2.33. The van der Waals surface area contributed by atoms with Crippen molar-refractivity contribution in [1.29, 1.82) is 0 Å². The zero-order valence-electron chi connectivity index (χ0n) is 13.2. The van der Waals surface area contributed by atoms with E-state index in [9.17, 15) is 22.8 Å². The Morgan fingerprint density at radius 2 is 2.00 bits per heavy atom. The third-order valence-corrected chi connectivity index (χ3v) is 5.47. The molecule has 2 fully saturated rings. The average Bonchev–Trinajstić information content (AvgIpc) is 3.23. The smallest absolute Gasteiger partial charge is 0.434 e. The number of carbonyl (C=O) groups excluding carboxylic acids is 1. The predicted octanol–water partition coefficient (Wildman–Crippen LogP) is 2.50. The number of ether oxygens (including phenoxy) is 1. The van der Waals surface area contributed by atoms with Gasteiger partial charge in [0, 0.05) is 24.4 Å². The molecule has 0 aromatic carbocycles. The largest absolute Gasteiger partial charge is 0.479 e. The van der Waals surface area contributed by atoms with Gasteiger partial charge in [0.25, 0.3) is 5.91 Å². The van der Waals surface area contributed by atoms with Gasteiger partial charge in [-0.25, -0.2) is 9.78 Å². The number of carboxylic acids is 1. The number of thiazole rings is 1. The van der Waals surface area contributed by atoms with E-state index in [1.165, 1.54) is 0 Å². The molecule has 25 heavy (non-hydrogen) atoms. The van der Waals surface area contributed by atoms with Crippen molar-refractivity contribution in [3.8, 4) is 0 Å². The summed E-state index contributed by atoms with van der Waals surface area (Å²) in [6.07, 6.45) is -4.28. The summed E-state index contributed by atoms with van der Waals surface area (Å²) >= 11 is 0.955. The van der Waals surface area contributed by atoms with Gasteiger partial charge in [-0.3, -0.25) is 4.79 Å². The SMILES string of the molecule is O=C(O)[C@H]1CC[C@@H](C(=O)N2CCCC(c3nc(C(F)(F)F)cs3)C2)O1. The fraction of sp³-hybridized carbons (Fsp3) is 0.667. The van der Waals surface area contributed by atoms with E-state index in [-0.39, 0.29) is 24.8 Å². The number of carboxylic acid groups (broad SMARTS) is 1. The van der Waals surface area contributed by atoms with E-state index >= 15 is 0 Å². The standard InChI is InChI=1S/C15H17F3N2O4S/c16-15(17,18)11-7-25-12(19-11)8-2-1-5-20(6-8)13(21)9-3-4-10(24-9)14(22)23/h7-10H,1-6H2,(H,22,23)/t8?,9-,10+/m0/s1. The number of carbonyl (C=O) groups is 2. The van der Waals surface area contributed by atoms with Crippen LogP contribution in [0.4, 0.5) is 13.2 Å². The number of alkyl halides is 3. The molecule has 2 aliphatic heterocycles. The molecule has 1 aromatic heterocycles. The number of aromatic nitrogens is 1. The van der Waals surface area contributed by atoms with Gasteiger partial charge in [-0.15, -0.1) is 11.3 Å². The number of hydrogen-bond acceptors (Lipinski definition) is 5. The van der Waals surface area contributed by atoms with E-state index in [2.05, 4.69) is 4.98 Å².